The van der Waals surface area contributed by atoms with Crippen LogP contribution in [0.4, 0.5) is 8.78 Å². The molecule has 0 aliphatic carbocycles. The number of rotatable bonds is 3. The second-order valence-electron chi connectivity index (χ2n) is 5.69. The monoisotopic (exact) mass is 323 g/mol. The minimum atomic E-state index is -0.224. The average molecular weight is 324 g/mol. The maximum absolute atomic E-state index is 13.2. The molecule has 1 aliphatic rings. The normalized spacial score (nSPS) is 18.0. The number of hydrogen-bond donors (Lipinski definition) is 1. The molecule has 2 aromatic rings. The molecule has 0 aromatic heterocycles. The molecule has 0 spiro atoms. The standard InChI is InChI=1S/C18H19F2N.ClH/c19-16-7-3-13(4-8-16)18(15-2-1-11-21-12-15)14-5-9-17(20)10-6-14;/h3-10,15,18,21H,1-2,11-12H2;1H. The van der Waals surface area contributed by atoms with Gasteiger partial charge < -0.3 is 5.32 Å². The van der Waals surface area contributed by atoms with Crippen LogP contribution in [0.2, 0.25) is 0 Å². The lowest BCUT2D eigenvalue weighted by Crippen LogP contribution is -2.33. The molecule has 1 saturated heterocycles. The van der Waals surface area contributed by atoms with Crippen molar-refractivity contribution in [2.45, 2.75) is 18.8 Å². The Kier molecular flexibility index (Phi) is 5.92. The van der Waals surface area contributed by atoms with E-state index in [0.29, 0.717) is 5.92 Å². The quantitative estimate of drug-likeness (QED) is 0.875. The Morgan fingerprint density at radius 2 is 1.36 bits per heavy atom. The number of hydrogen-bond acceptors (Lipinski definition) is 1. The summed E-state index contributed by atoms with van der Waals surface area (Å²) in [5.74, 6) is 0.186. The average Bonchev–Trinajstić information content (AvgIpc) is 2.52. The molecule has 3 rings (SSSR count). The van der Waals surface area contributed by atoms with Crippen LogP contribution in [0.1, 0.15) is 29.9 Å². The molecular formula is C18H20ClF2N. The highest BCUT2D eigenvalue weighted by molar-refractivity contribution is 5.85. The highest BCUT2D eigenvalue weighted by Gasteiger charge is 2.26. The Morgan fingerprint density at radius 1 is 0.864 bits per heavy atom. The van der Waals surface area contributed by atoms with E-state index in [-0.39, 0.29) is 30.0 Å². The van der Waals surface area contributed by atoms with Crippen LogP contribution in [0.5, 0.6) is 0 Å². The van der Waals surface area contributed by atoms with E-state index in [9.17, 15) is 8.78 Å². The lowest BCUT2D eigenvalue weighted by atomic mass is 9.77. The molecule has 2 aromatic carbocycles. The zero-order chi connectivity index (χ0) is 14.7. The van der Waals surface area contributed by atoms with Crippen molar-refractivity contribution in [3.8, 4) is 0 Å². The summed E-state index contributed by atoms with van der Waals surface area (Å²) in [4.78, 5) is 0. The van der Waals surface area contributed by atoms with E-state index in [4.69, 9.17) is 0 Å². The maximum Gasteiger partial charge on any atom is 0.123 e. The van der Waals surface area contributed by atoms with E-state index in [1.807, 2.05) is 24.3 Å². The molecule has 0 amide bonds. The third-order valence-electron chi connectivity index (χ3n) is 4.26. The van der Waals surface area contributed by atoms with Gasteiger partial charge in [-0.1, -0.05) is 24.3 Å². The topological polar surface area (TPSA) is 12.0 Å². The van der Waals surface area contributed by atoms with E-state index >= 15 is 0 Å². The van der Waals surface area contributed by atoms with E-state index < -0.39 is 0 Å². The highest BCUT2D eigenvalue weighted by atomic mass is 35.5. The van der Waals surface area contributed by atoms with Crippen molar-refractivity contribution in [2.75, 3.05) is 13.1 Å². The van der Waals surface area contributed by atoms with E-state index in [2.05, 4.69) is 5.32 Å². The molecule has 1 atom stereocenters. The number of halogens is 3. The summed E-state index contributed by atoms with van der Waals surface area (Å²) in [6.07, 6.45) is 2.27. The van der Waals surface area contributed by atoms with Crippen molar-refractivity contribution in [3.05, 3.63) is 71.3 Å². The van der Waals surface area contributed by atoms with Crippen molar-refractivity contribution in [3.63, 3.8) is 0 Å². The van der Waals surface area contributed by atoms with Crippen molar-refractivity contribution in [2.24, 2.45) is 5.92 Å². The molecule has 4 heteroatoms. The van der Waals surface area contributed by atoms with Gasteiger partial charge in [-0.15, -0.1) is 12.4 Å². The van der Waals surface area contributed by atoms with E-state index in [0.717, 1.165) is 37.1 Å². The first-order valence-corrected chi connectivity index (χ1v) is 7.45. The molecule has 22 heavy (non-hydrogen) atoms. The van der Waals surface area contributed by atoms with Crippen LogP contribution >= 0.6 is 12.4 Å². The maximum atomic E-state index is 13.2. The number of benzene rings is 2. The number of piperidine rings is 1. The third-order valence-corrected chi connectivity index (χ3v) is 4.26. The van der Waals surface area contributed by atoms with Crippen LogP contribution in [0.25, 0.3) is 0 Å². The summed E-state index contributed by atoms with van der Waals surface area (Å²) in [6, 6.07) is 13.4. The first-order chi connectivity index (χ1) is 10.2. The Morgan fingerprint density at radius 3 is 1.77 bits per heavy atom. The van der Waals surface area contributed by atoms with Crippen LogP contribution in [0.15, 0.2) is 48.5 Å². The fourth-order valence-corrected chi connectivity index (χ4v) is 3.24. The molecule has 0 bridgehead atoms. The largest absolute Gasteiger partial charge is 0.316 e. The Hall–Kier alpha value is -1.45. The van der Waals surface area contributed by atoms with Crippen LogP contribution in [-0.4, -0.2) is 13.1 Å². The third kappa shape index (κ3) is 3.84. The smallest absolute Gasteiger partial charge is 0.123 e. The van der Waals surface area contributed by atoms with Gasteiger partial charge >= 0.3 is 0 Å². The molecule has 1 aliphatic heterocycles. The van der Waals surface area contributed by atoms with Crippen molar-refractivity contribution < 1.29 is 8.78 Å². The first-order valence-electron chi connectivity index (χ1n) is 7.45. The van der Waals surface area contributed by atoms with Gasteiger partial charge in [0.25, 0.3) is 0 Å². The van der Waals surface area contributed by atoms with Crippen LogP contribution < -0.4 is 5.32 Å². The van der Waals surface area contributed by atoms with Gasteiger partial charge in [0.15, 0.2) is 0 Å². The fourth-order valence-electron chi connectivity index (χ4n) is 3.24. The van der Waals surface area contributed by atoms with Crippen molar-refractivity contribution in [1.29, 1.82) is 0 Å². The van der Waals surface area contributed by atoms with Gasteiger partial charge in [-0.25, -0.2) is 8.78 Å². The molecule has 1 heterocycles. The lowest BCUT2D eigenvalue weighted by Gasteiger charge is -2.31. The van der Waals surface area contributed by atoms with Gasteiger partial charge in [-0.3, -0.25) is 0 Å². The van der Waals surface area contributed by atoms with Gasteiger partial charge in [0.05, 0.1) is 0 Å². The van der Waals surface area contributed by atoms with Gasteiger partial charge in [0.2, 0.25) is 0 Å². The SMILES string of the molecule is Cl.Fc1ccc(C(c2ccc(F)cc2)C2CCCNC2)cc1. The minimum absolute atomic E-state index is 0. The summed E-state index contributed by atoms with van der Waals surface area (Å²) in [5.41, 5.74) is 2.19. The summed E-state index contributed by atoms with van der Waals surface area (Å²) in [5, 5.41) is 3.43. The lowest BCUT2D eigenvalue weighted by molar-refractivity contribution is 0.346. The van der Waals surface area contributed by atoms with Crippen LogP contribution in [0.3, 0.4) is 0 Å². The molecular weight excluding hydrogens is 304 g/mol. The number of nitrogens with one attached hydrogen (secondary N) is 1. The predicted octanol–water partition coefficient (Wildman–Crippen LogP) is 4.52. The van der Waals surface area contributed by atoms with Crippen LogP contribution in [-0.2, 0) is 0 Å². The van der Waals surface area contributed by atoms with Gasteiger partial charge in [-0.2, -0.15) is 0 Å². The molecule has 0 saturated carbocycles. The summed E-state index contributed by atoms with van der Waals surface area (Å²) in [7, 11) is 0. The Labute approximate surface area is 136 Å². The fraction of sp³-hybridized carbons (Fsp3) is 0.333. The van der Waals surface area contributed by atoms with E-state index in [1.165, 1.54) is 24.3 Å². The van der Waals surface area contributed by atoms with Gasteiger partial charge in [0, 0.05) is 5.92 Å². The molecule has 1 N–H and O–H groups in total. The summed E-state index contributed by atoms with van der Waals surface area (Å²) in [6.45, 7) is 2.00. The molecule has 118 valence electrons. The van der Waals surface area contributed by atoms with Crippen molar-refractivity contribution >= 4 is 12.4 Å². The van der Waals surface area contributed by atoms with Gasteiger partial charge in [-0.05, 0) is 67.2 Å². The summed E-state index contributed by atoms with van der Waals surface area (Å²) < 4.78 is 26.4. The Balaban J connectivity index is 0.00000176. The van der Waals surface area contributed by atoms with Crippen LogP contribution in [0, 0.1) is 17.6 Å². The predicted molar refractivity (Wildman–Crippen MR) is 87.5 cm³/mol. The zero-order valence-electron chi connectivity index (χ0n) is 12.3. The molecule has 1 unspecified atom stereocenters. The molecule has 0 radical (unpaired) electrons. The second kappa shape index (κ2) is 7.70. The second-order valence-corrected chi connectivity index (χ2v) is 5.69. The molecule has 1 fully saturated rings. The highest BCUT2D eigenvalue weighted by Crippen LogP contribution is 2.35. The molecule has 1 nitrogen and oxygen atoms in total. The minimum Gasteiger partial charge on any atom is -0.316 e. The Bertz CT molecular complexity index is 532. The first kappa shape index (κ1) is 16.9. The van der Waals surface area contributed by atoms with Gasteiger partial charge in [0.1, 0.15) is 11.6 Å². The summed E-state index contributed by atoms with van der Waals surface area (Å²) >= 11 is 0. The van der Waals surface area contributed by atoms with E-state index in [1.54, 1.807) is 0 Å². The van der Waals surface area contributed by atoms with Crippen molar-refractivity contribution in [1.82, 2.24) is 5.32 Å². The zero-order valence-corrected chi connectivity index (χ0v) is 13.1.